The van der Waals surface area contributed by atoms with E-state index < -0.39 is 0 Å². The predicted molar refractivity (Wildman–Crippen MR) is 86.6 cm³/mol. The number of ether oxygens (including phenoxy) is 3. The number of hydrogen-bond donors (Lipinski definition) is 1. The van der Waals surface area contributed by atoms with Gasteiger partial charge in [-0.15, -0.1) is 0 Å². The molecule has 0 aliphatic carbocycles. The molecule has 0 radical (unpaired) electrons. The Morgan fingerprint density at radius 3 is 1.86 bits per heavy atom. The summed E-state index contributed by atoms with van der Waals surface area (Å²) in [6.07, 6.45) is 1.60. The third-order valence-electron chi connectivity index (χ3n) is 2.25. The fourth-order valence-corrected chi connectivity index (χ4v) is 1.39. The van der Waals surface area contributed by atoms with Crippen LogP contribution in [0.4, 0.5) is 0 Å². The lowest BCUT2D eigenvalue weighted by molar-refractivity contribution is -0.122. The van der Waals surface area contributed by atoms with Crippen LogP contribution in [0.1, 0.15) is 47.5 Å². The fraction of sp³-hybridized carbons (Fsp3) is 0.938. The van der Waals surface area contributed by atoms with Crippen molar-refractivity contribution in [2.24, 2.45) is 5.92 Å². The molecule has 21 heavy (non-hydrogen) atoms. The third-order valence-corrected chi connectivity index (χ3v) is 2.25. The highest BCUT2D eigenvalue weighted by molar-refractivity contribution is 5.75. The standard InChI is InChI=1S/C14H29NO4.C2H6/c1-4-6-17-8-10-19-11-9-18-7-5-15-14(16)12-13(2)3;1-2/h13H,4-12H2,1-3H3,(H,15,16);1-2H3. The van der Waals surface area contributed by atoms with Crippen molar-refractivity contribution in [3.05, 3.63) is 0 Å². The first-order chi connectivity index (χ1) is 10.2. The van der Waals surface area contributed by atoms with Crippen LogP contribution in [-0.4, -0.2) is 52.1 Å². The van der Waals surface area contributed by atoms with Crippen molar-refractivity contribution in [1.29, 1.82) is 0 Å². The summed E-state index contributed by atoms with van der Waals surface area (Å²) in [6, 6.07) is 0. The molecule has 0 spiro atoms. The first kappa shape index (κ1) is 22.6. The van der Waals surface area contributed by atoms with Gasteiger partial charge in [0.15, 0.2) is 0 Å². The zero-order valence-electron chi connectivity index (χ0n) is 14.6. The molecular formula is C16H35NO4. The van der Waals surface area contributed by atoms with Crippen molar-refractivity contribution < 1.29 is 19.0 Å². The lowest BCUT2D eigenvalue weighted by Crippen LogP contribution is -2.28. The predicted octanol–water partition coefficient (Wildman–Crippen LogP) is 2.63. The molecule has 0 saturated carbocycles. The van der Waals surface area contributed by atoms with E-state index in [-0.39, 0.29) is 5.91 Å². The molecule has 0 saturated heterocycles. The third kappa shape index (κ3) is 21.8. The number of amides is 1. The summed E-state index contributed by atoms with van der Waals surface area (Å²) < 4.78 is 15.9. The molecule has 128 valence electrons. The Bertz CT molecular complexity index is 210. The van der Waals surface area contributed by atoms with Crippen LogP contribution in [0.15, 0.2) is 0 Å². The molecule has 0 unspecified atom stereocenters. The largest absolute Gasteiger partial charge is 0.379 e. The summed E-state index contributed by atoms with van der Waals surface area (Å²) in [5, 5.41) is 2.81. The summed E-state index contributed by atoms with van der Waals surface area (Å²) in [4.78, 5) is 11.3. The van der Waals surface area contributed by atoms with E-state index in [9.17, 15) is 4.79 Å². The lowest BCUT2D eigenvalue weighted by atomic mass is 10.1. The molecule has 0 atom stereocenters. The van der Waals surface area contributed by atoms with Crippen molar-refractivity contribution in [3.63, 3.8) is 0 Å². The van der Waals surface area contributed by atoms with E-state index in [0.717, 1.165) is 13.0 Å². The summed E-state index contributed by atoms with van der Waals surface area (Å²) in [5.74, 6) is 0.479. The molecule has 0 heterocycles. The first-order valence-electron chi connectivity index (χ1n) is 8.16. The van der Waals surface area contributed by atoms with Gasteiger partial charge in [-0.25, -0.2) is 0 Å². The van der Waals surface area contributed by atoms with Gasteiger partial charge in [-0.3, -0.25) is 4.79 Å². The second-order valence-corrected chi connectivity index (χ2v) is 4.79. The van der Waals surface area contributed by atoms with Gasteiger partial charge >= 0.3 is 0 Å². The van der Waals surface area contributed by atoms with E-state index in [4.69, 9.17) is 14.2 Å². The van der Waals surface area contributed by atoms with E-state index in [2.05, 4.69) is 12.2 Å². The number of hydrogen-bond acceptors (Lipinski definition) is 4. The van der Waals surface area contributed by atoms with Crippen LogP contribution < -0.4 is 5.32 Å². The highest BCUT2D eigenvalue weighted by Crippen LogP contribution is 1.97. The normalized spacial score (nSPS) is 10.2. The van der Waals surface area contributed by atoms with E-state index >= 15 is 0 Å². The number of carbonyl (C=O) groups excluding carboxylic acids is 1. The van der Waals surface area contributed by atoms with Gasteiger partial charge in [0.1, 0.15) is 0 Å². The molecule has 0 fully saturated rings. The van der Waals surface area contributed by atoms with Crippen LogP contribution >= 0.6 is 0 Å². The first-order valence-corrected chi connectivity index (χ1v) is 8.16. The second-order valence-electron chi connectivity index (χ2n) is 4.79. The van der Waals surface area contributed by atoms with Gasteiger partial charge in [0.2, 0.25) is 5.91 Å². The number of rotatable bonds is 13. The SMILES string of the molecule is CC.CCCOCCOCCOCCNC(=O)CC(C)C. The van der Waals surface area contributed by atoms with Crippen molar-refractivity contribution in [2.75, 3.05) is 46.2 Å². The van der Waals surface area contributed by atoms with Gasteiger partial charge in [0.25, 0.3) is 0 Å². The van der Waals surface area contributed by atoms with Crippen LogP contribution in [0.25, 0.3) is 0 Å². The van der Waals surface area contributed by atoms with Gasteiger partial charge in [0.05, 0.1) is 33.0 Å². The summed E-state index contributed by atoms with van der Waals surface area (Å²) in [5.41, 5.74) is 0. The molecule has 0 aliphatic heterocycles. The molecule has 0 aromatic rings. The Labute approximate surface area is 130 Å². The monoisotopic (exact) mass is 305 g/mol. The average Bonchev–Trinajstić information content (AvgIpc) is 2.46. The van der Waals surface area contributed by atoms with E-state index in [1.54, 1.807) is 0 Å². The van der Waals surface area contributed by atoms with Crippen molar-refractivity contribution in [3.8, 4) is 0 Å². The van der Waals surface area contributed by atoms with Crippen LogP contribution in [-0.2, 0) is 19.0 Å². The van der Waals surface area contributed by atoms with Crippen molar-refractivity contribution in [2.45, 2.75) is 47.5 Å². The maximum atomic E-state index is 11.3. The molecule has 1 amide bonds. The zero-order chi connectivity index (χ0) is 16.3. The molecule has 0 aromatic carbocycles. The number of nitrogens with one attached hydrogen (secondary N) is 1. The van der Waals surface area contributed by atoms with Gasteiger partial charge in [-0.05, 0) is 12.3 Å². The van der Waals surface area contributed by atoms with Gasteiger partial charge in [0, 0.05) is 19.6 Å². The van der Waals surface area contributed by atoms with E-state index in [1.165, 1.54) is 0 Å². The smallest absolute Gasteiger partial charge is 0.220 e. The van der Waals surface area contributed by atoms with Gasteiger partial charge in [-0.2, -0.15) is 0 Å². The van der Waals surface area contributed by atoms with Crippen molar-refractivity contribution in [1.82, 2.24) is 5.32 Å². The second kappa shape index (κ2) is 19.4. The number of carbonyl (C=O) groups is 1. The minimum atomic E-state index is 0.0860. The van der Waals surface area contributed by atoms with E-state index in [0.29, 0.717) is 51.9 Å². The molecule has 0 bridgehead atoms. The molecule has 1 N–H and O–H groups in total. The Morgan fingerprint density at radius 1 is 0.905 bits per heavy atom. The molecule has 0 aromatic heterocycles. The quantitative estimate of drug-likeness (QED) is 0.531. The van der Waals surface area contributed by atoms with Crippen LogP contribution in [0, 0.1) is 5.92 Å². The molecule has 5 heteroatoms. The highest BCUT2D eigenvalue weighted by Gasteiger charge is 2.02. The lowest BCUT2D eigenvalue weighted by Gasteiger charge is -2.08. The van der Waals surface area contributed by atoms with E-state index in [1.807, 2.05) is 27.7 Å². The molecule has 0 rings (SSSR count). The Kier molecular flexibility index (Phi) is 20.9. The summed E-state index contributed by atoms with van der Waals surface area (Å²) in [6.45, 7) is 14.4. The Hall–Kier alpha value is -0.650. The van der Waals surface area contributed by atoms with Crippen LogP contribution in [0.3, 0.4) is 0 Å². The summed E-state index contributed by atoms with van der Waals surface area (Å²) in [7, 11) is 0. The molecular weight excluding hydrogens is 270 g/mol. The summed E-state index contributed by atoms with van der Waals surface area (Å²) >= 11 is 0. The Morgan fingerprint density at radius 2 is 1.38 bits per heavy atom. The van der Waals surface area contributed by atoms with Gasteiger partial charge in [-0.1, -0.05) is 34.6 Å². The fourth-order valence-electron chi connectivity index (χ4n) is 1.39. The minimum Gasteiger partial charge on any atom is -0.379 e. The average molecular weight is 305 g/mol. The van der Waals surface area contributed by atoms with Crippen molar-refractivity contribution >= 4 is 5.91 Å². The topological polar surface area (TPSA) is 56.8 Å². The maximum absolute atomic E-state index is 11.3. The van der Waals surface area contributed by atoms with Crippen LogP contribution in [0.5, 0.6) is 0 Å². The van der Waals surface area contributed by atoms with Gasteiger partial charge < -0.3 is 19.5 Å². The zero-order valence-corrected chi connectivity index (χ0v) is 14.6. The van der Waals surface area contributed by atoms with Crippen LogP contribution in [0.2, 0.25) is 0 Å². The Balaban J connectivity index is 0. The maximum Gasteiger partial charge on any atom is 0.220 e. The highest BCUT2D eigenvalue weighted by atomic mass is 16.5. The molecule has 5 nitrogen and oxygen atoms in total. The molecule has 0 aliphatic rings. The minimum absolute atomic E-state index is 0.0860.